The first kappa shape index (κ1) is 13.3. The number of nitrogens with zero attached hydrogens (tertiary/aromatic N) is 1. The molecule has 1 rings (SSSR count). The standard InChI is InChI=1S/C11H18F3NO/c1-8(2)3-4-10(16)15-6-5-9(7-15)11(12,13)14/h8-9H,3-7H2,1-2H3. The molecule has 1 unspecified atom stereocenters. The third kappa shape index (κ3) is 3.68. The zero-order valence-electron chi connectivity index (χ0n) is 9.68. The number of amides is 1. The van der Waals surface area contributed by atoms with Gasteiger partial charge < -0.3 is 4.90 Å². The van der Waals surface area contributed by atoms with E-state index in [9.17, 15) is 18.0 Å². The van der Waals surface area contributed by atoms with Gasteiger partial charge in [0, 0.05) is 19.5 Å². The van der Waals surface area contributed by atoms with E-state index >= 15 is 0 Å². The molecule has 1 heterocycles. The van der Waals surface area contributed by atoms with Gasteiger partial charge in [-0.25, -0.2) is 0 Å². The van der Waals surface area contributed by atoms with Gasteiger partial charge in [0.25, 0.3) is 0 Å². The maximum Gasteiger partial charge on any atom is 0.393 e. The van der Waals surface area contributed by atoms with Gasteiger partial charge in [-0.05, 0) is 18.8 Å². The number of carbonyl (C=O) groups is 1. The second kappa shape index (κ2) is 5.06. The minimum absolute atomic E-state index is 0.0525. The average molecular weight is 237 g/mol. The average Bonchev–Trinajstić information content (AvgIpc) is 2.61. The molecule has 94 valence electrons. The lowest BCUT2D eigenvalue weighted by molar-refractivity contribution is -0.171. The summed E-state index contributed by atoms with van der Waals surface area (Å²) in [6.45, 7) is 4.09. The van der Waals surface area contributed by atoms with Crippen molar-refractivity contribution in [2.45, 2.75) is 39.3 Å². The van der Waals surface area contributed by atoms with Gasteiger partial charge in [-0.1, -0.05) is 13.8 Å². The fourth-order valence-electron chi connectivity index (χ4n) is 1.82. The van der Waals surface area contributed by atoms with E-state index in [1.165, 1.54) is 4.90 Å². The van der Waals surface area contributed by atoms with Crippen LogP contribution in [0, 0.1) is 11.8 Å². The fourth-order valence-corrected chi connectivity index (χ4v) is 1.82. The lowest BCUT2D eigenvalue weighted by Gasteiger charge is -2.18. The Hall–Kier alpha value is -0.740. The van der Waals surface area contributed by atoms with Gasteiger partial charge in [-0.15, -0.1) is 0 Å². The van der Waals surface area contributed by atoms with Gasteiger partial charge in [0.2, 0.25) is 5.91 Å². The summed E-state index contributed by atoms with van der Waals surface area (Å²) >= 11 is 0. The minimum Gasteiger partial charge on any atom is -0.342 e. The summed E-state index contributed by atoms with van der Waals surface area (Å²) in [5, 5.41) is 0. The monoisotopic (exact) mass is 237 g/mol. The van der Waals surface area contributed by atoms with Crippen molar-refractivity contribution < 1.29 is 18.0 Å². The van der Waals surface area contributed by atoms with E-state index in [1.807, 2.05) is 13.8 Å². The van der Waals surface area contributed by atoms with Crippen LogP contribution in [0.5, 0.6) is 0 Å². The van der Waals surface area contributed by atoms with Crippen molar-refractivity contribution in [1.82, 2.24) is 4.90 Å². The maximum absolute atomic E-state index is 12.4. The molecule has 1 aliphatic rings. The van der Waals surface area contributed by atoms with Crippen LogP contribution in [0.4, 0.5) is 13.2 Å². The summed E-state index contributed by atoms with van der Waals surface area (Å²) < 4.78 is 37.1. The molecular weight excluding hydrogens is 219 g/mol. The Balaban J connectivity index is 2.38. The van der Waals surface area contributed by atoms with Crippen LogP contribution in [0.2, 0.25) is 0 Å². The molecule has 0 aliphatic carbocycles. The molecule has 0 aromatic rings. The van der Waals surface area contributed by atoms with Crippen molar-refractivity contribution >= 4 is 5.91 Å². The minimum atomic E-state index is -4.16. The molecule has 1 aliphatic heterocycles. The molecule has 1 amide bonds. The van der Waals surface area contributed by atoms with Gasteiger partial charge in [0.15, 0.2) is 0 Å². The second-order valence-electron chi connectivity index (χ2n) is 4.80. The van der Waals surface area contributed by atoms with Crippen molar-refractivity contribution in [3.05, 3.63) is 0 Å². The SMILES string of the molecule is CC(C)CCC(=O)N1CCC(C(F)(F)F)C1. The molecule has 0 aromatic carbocycles. The van der Waals surface area contributed by atoms with Gasteiger partial charge >= 0.3 is 6.18 Å². The molecule has 1 atom stereocenters. The lowest BCUT2D eigenvalue weighted by atomic mass is 10.1. The van der Waals surface area contributed by atoms with Crippen LogP contribution in [0.1, 0.15) is 33.1 Å². The third-order valence-electron chi connectivity index (χ3n) is 2.94. The molecule has 1 fully saturated rings. The van der Waals surface area contributed by atoms with E-state index in [0.29, 0.717) is 12.3 Å². The van der Waals surface area contributed by atoms with Crippen LogP contribution < -0.4 is 0 Å². The summed E-state index contributed by atoms with van der Waals surface area (Å²) in [5.74, 6) is -1.05. The molecule has 0 saturated carbocycles. The van der Waals surface area contributed by atoms with Crippen LogP contribution in [0.15, 0.2) is 0 Å². The topological polar surface area (TPSA) is 20.3 Å². The number of hydrogen-bond donors (Lipinski definition) is 0. The summed E-state index contributed by atoms with van der Waals surface area (Å²) in [5.41, 5.74) is 0. The molecule has 1 saturated heterocycles. The number of hydrogen-bond acceptors (Lipinski definition) is 1. The highest BCUT2D eigenvalue weighted by molar-refractivity contribution is 5.76. The molecule has 0 radical (unpaired) electrons. The van der Waals surface area contributed by atoms with Crippen LogP contribution in [-0.4, -0.2) is 30.1 Å². The van der Waals surface area contributed by atoms with E-state index < -0.39 is 12.1 Å². The molecule has 0 N–H and O–H groups in total. The first-order chi connectivity index (χ1) is 7.30. The second-order valence-corrected chi connectivity index (χ2v) is 4.80. The lowest BCUT2D eigenvalue weighted by Crippen LogP contribution is -2.31. The molecule has 2 nitrogen and oxygen atoms in total. The smallest absolute Gasteiger partial charge is 0.342 e. The number of halogens is 3. The summed E-state index contributed by atoms with van der Waals surface area (Å²) in [7, 11) is 0. The first-order valence-corrected chi connectivity index (χ1v) is 5.65. The predicted octanol–water partition coefficient (Wildman–Crippen LogP) is 2.83. The predicted molar refractivity (Wildman–Crippen MR) is 54.8 cm³/mol. The van der Waals surface area contributed by atoms with Crippen LogP contribution in [0.25, 0.3) is 0 Å². The van der Waals surface area contributed by atoms with Gasteiger partial charge in [-0.3, -0.25) is 4.79 Å². The molecule has 5 heteroatoms. The Morgan fingerprint density at radius 1 is 1.44 bits per heavy atom. The zero-order chi connectivity index (χ0) is 12.3. The summed E-state index contributed by atoms with van der Waals surface area (Å²) in [4.78, 5) is 12.9. The number of carbonyl (C=O) groups excluding carboxylic acids is 1. The van der Waals surface area contributed by atoms with Crippen LogP contribution in [-0.2, 0) is 4.79 Å². The Kier molecular flexibility index (Phi) is 4.21. The largest absolute Gasteiger partial charge is 0.393 e. The summed E-state index contributed by atoms with van der Waals surface area (Å²) in [6.07, 6.45) is -3.00. The Morgan fingerprint density at radius 3 is 2.50 bits per heavy atom. The highest BCUT2D eigenvalue weighted by Gasteiger charge is 2.44. The maximum atomic E-state index is 12.4. The number of likely N-dealkylation sites (tertiary alicyclic amines) is 1. The Bertz CT molecular complexity index is 250. The van der Waals surface area contributed by atoms with Gasteiger partial charge in [-0.2, -0.15) is 13.2 Å². The Morgan fingerprint density at radius 2 is 2.06 bits per heavy atom. The molecule has 16 heavy (non-hydrogen) atoms. The third-order valence-corrected chi connectivity index (χ3v) is 2.94. The number of rotatable bonds is 3. The molecule has 0 spiro atoms. The highest BCUT2D eigenvalue weighted by Crippen LogP contribution is 2.33. The van der Waals surface area contributed by atoms with Crippen LogP contribution in [0.3, 0.4) is 0 Å². The first-order valence-electron chi connectivity index (χ1n) is 5.65. The highest BCUT2D eigenvalue weighted by atomic mass is 19.4. The van der Waals surface area contributed by atoms with E-state index in [4.69, 9.17) is 0 Å². The van der Waals surface area contributed by atoms with Crippen molar-refractivity contribution in [3.63, 3.8) is 0 Å². The van der Waals surface area contributed by atoms with E-state index in [0.717, 1.165) is 6.42 Å². The van der Waals surface area contributed by atoms with Crippen molar-refractivity contribution in [2.75, 3.05) is 13.1 Å². The fraction of sp³-hybridized carbons (Fsp3) is 0.909. The zero-order valence-corrected chi connectivity index (χ0v) is 9.68. The number of alkyl halides is 3. The van der Waals surface area contributed by atoms with E-state index in [1.54, 1.807) is 0 Å². The van der Waals surface area contributed by atoms with Crippen LogP contribution >= 0.6 is 0 Å². The van der Waals surface area contributed by atoms with Gasteiger partial charge in [0.1, 0.15) is 0 Å². The van der Waals surface area contributed by atoms with Crippen molar-refractivity contribution in [1.29, 1.82) is 0 Å². The van der Waals surface area contributed by atoms with E-state index in [2.05, 4.69) is 0 Å². The normalized spacial score (nSPS) is 21.9. The quantitative estimate of drug-likeness (QED) is 0.739. The molecule has 0 aromatic heterocycles. The van der Waals surface area contributed by atoms with Crippen molar-refractivity contribution in [3.8, 4) is 0 Å². The van der Waals surface area contributed by atoms with Gasteiger partial charge in [0.05, 0.1) is 5.92 Å². The summed E-state index contributed by atoms with van der Waals surface area (Å²) in [6, 6.07) is 0. The molecular formula is C11H18F3NO. The Labute approximate surface area is 93.8 Å². The van der Waals surface area contributed by atoms with Crippen molar-refractivity contribution in [2.24, 2.45) is 11.8 Å². The molecule has 0 bridgehead atoms. The van der Waals surface area contributed by atoms with E-state index in [-0.39, 0.29) is 25.4 Å².